The van der Waals surface area contributed by atoms with E-state index in [-0.39, 0.29) is 5.41 Å². The molecule has 0 spiro atoms. The Labute approximate surface area is 128 Å². The van der Waals surface area contributed by atoms with Crippen molar-refractivity contribution in [3.05, 3.63) is 35.7 Å². The molecule has 0 radical (unpaired) electrons. The molecule has 0 bridgehead atoms. The minimum absolute atomic E-state index is 0.135. The number of carbonyl (C=O) groups excluding carboxylic acids is 1. The molecule has 1 fully saturated rings. The number of carbonyl (C=O) groups is 1. The average Bonchev–Trinajstić information content (AvgIpc) is 3.17. The number of nitrogens with zero attached hydrogens (tertiary/aromatic N) is 2. The number of methoxy groups -OCH3 is 1. The van der Waals surface area contributed by atoms with E-state index in [1.807, 2.05) is 0 Å². The lowest BCUT2D eigenvalue weighted by Crippen LogP contribution is -2.29. The first kappa shape index (κ1) is 14.7. The maximum Gasteiger partial charge on any atom is 0.257 e. The lowest BCUT2D eigenvalue weighted by atomic mass is 9.86. The number of primary amides is 1. The summed E-state index contributed by atoms with van der Waals surface area (Å²) in [6.07, 6.45) is 4.34. The second-order valence-electron chi connectivity index (χ2n) is 5.79. The number of rotatable bonds is 5. The van der Waals surface area contributed by atoms with E-state index in [2.05, 4.69) is 10.1 Å². The first-order chi connectivity index (χ1) is 10.6. The van der Waals surface area contributed by atoms with Gasteiger partial charge in [-0.2, -0.15) is 4.98 Å². The maximum absolute atomic E-state index is 11.1. The topological polar surface area (TPSA) is 91.2 Å². The van der Waals surface area contributed by atoms with Gasteiger partial charge in [-0.15, -0.1) is 0 Å². The van der Waals surface area contributed by atoms with E-state index in [4.69, 9.17) is 15.0 Å². The molecular formula is C16H19N3O3. The van der Waals surface area contributed by atoms with Gasteiger partial charge in [0, 0.05) is 18.2 Å². The van der Waals surface area contributed by atoms with Crippen molar-refractivity contribution in [3.63, 3.8) is 0 Å². The van der Waals surface area contributed by atoms with Crippen LogP contribution in [0.5, 0.6) is 0 Å². The van der Waals surface area contributed by atoms with Crippen molar-refractivity contribution in [1.29, 1.82) is 0 Å². The summed E-state index contributed by atoms with van der Waals surface area (Å²) in [4.78, 5) is 15.7. The Kier molecular flexibility index (Phi) is 3.94. The van der Waals surface area contributed by atoms with Crippen LogP contribution in [0.2, 0.25) is 0 Å². The van der Waals surface area contributed by atoms with Crippen LogP contribution in [0.4, 0.5) is 0 Å². The zero-order valence-corrected chi connectivity index (χ0v) is 12.5. The maximum atomic E-state index is 11.1. The van der Waals surface area contributed by atoms with Crippen molar-refractivity contribution in [1.82, 2.24) is 10.1 Å². The summed E-state index contributed by atoms with van der Waals surface area (Å²) in [5, 5.41) is 4.17. The Morgan fingerprint density at radius 3 is 2.59 bits per heavy atom. The van der Waals surface area contributed by atoms with Crippen LogP contribution in [0.3, 0.4) is 0 Å². The largest absolute Gasteiger partial charge is 0.384 e. The lowest BCUT2D eigenvalue weighted by Gasteiger charge is -2.23. The van der Waals surface area contributed by atoms with Crippen LogP contribution in [0.1, 0.15) is 41.9 Å². The summed E-state index contributed by atoms with van der Waals surface area (Å²) in [6, 6.07) is 6.83. The number of amides is 1. The predicted octanol–water partition coefficient (Wildman–Crippen LogP) is 2.29. The van der Waals surface area contributed by atoms with Crippen LogP contribution in [-0.2, 0) is 10.2 Å². The van der Waals surface area contributed by atoms with E-state index >= 15 is 0 Å². The van der Waals surface area contributed by atoms with Crippen molar-refractivity contribution < 1.29 is 14.1 Å². The Morgan fingerprint density at radius 2 is 2.00 bits per heavy atom. The highest BCUT2D eigenvalue weighted by molar-refractivity contribution is 5.93. The number of hydrogen-bond acceptors (Lipinski definition) is 5. The molecule has 0 aliphatic heterocycles. The molecule has 1 aromatic heterocycles. The summed E-state index contributed by atoms with van der Waals surface area (Å²) in [5.74, 6) is 0.706. The van der Waals surface area contributed by atoms with Gasteiger partial charge in [0.05, 0.1) is 12.0 Å². The predicted molar refractivity (Wildman–Crippen MR) is 80.3 cm³/mol. The van der Waals surface area contributed by atoms with Gasteiger partial charge in [-0.05, 0) is 37.1 Å². The Balaban J connectivity index is 1.88. The normalized spacial score (nSPS) is 16.8. The Bertz CT molecular complexity index is 658. The van der Waals surface area contributed by atoms with Gasteiger partial charge in [0.15, 0.2) is 5.82 Å². The quantitative estimate of drug-likeness (QED) is 0.915. The molecule has 6 heteroatoms. The van der Waals surface area contributed by atoms with Gasteiger partial charge in [-0.25, -0.2) is 0 Å². The molecular weight excluding hydrogens is 282 g/mol. The van der Waals surface area contributed by atoms with Gasteiger partial charge >= 0.3 is 0 Å². The van der Waals surface area contributed by atoms with Crippen LogP contribution in [-0.4, -0.2) is 29.8 Å². The molecule has 1 aliphatic carbocycles. The van der Waals surface area contributed by atoms with Crippen molar-refractivity contribution in [2.24, 2.45) is 5.73 Å². The second kappa shape index (κ2) is 5.88. The summed E-state index contributed by atoms with van der Waals surface area (Å²) in [5.41, 5.74) is 6.33. The van der Waals surface area contributed by atoms with Gasteiger partial charge in [0.1, 0.15) is 0 Å². The summed E-state index contributed by atoms with van der Waals surface area (Å²) < 4.78 is 10.8. The summed E-state index contributed by atoms with van der Waals surface area (Å²) >= 11 is 0. The molecule has 0 unspecified atom stereocenters. The number of benzene rings is 1. The van der Waals surface area contributed by atoms with E-state index in [9.17, 15) is 4.79 Å². The summed E-state index contributed by atoms with van der Waals surface area (Å²) in [7, 11) is 1.70. The first-order valence-corrected chi connectivity index (χ1v) is 7.38. The molecule has 1 saturated carbocycles. The molecule has 1 heterocycles. The number of hydrogen-bond donors (Lipinski definition) is 1. The van der Waals surface area contributed by atoms with E-state index < -0.39 is 5.91 Å². The molecule has 1 aliphatic rings. The number of nitrogens with two attached hydrogens (primary N) is 1. The van der Waals surface area contributed by atoms with Crippen molar-refractivity contribution in [2.75, 3.05) is 13.7 Å². The van der Waals surface area contributed by atoms with E-state index in [1.165, 1.54) is 0 Å². The second-order valence-corrected chi connectivity index (χ2v) is 5.79. The zero-order chi connectivity index (χ0) is 15.6. The van der Waals surface area contributed by atoms with Gasteiger partial charge in [-0.1, -0.05) is 18.0 Å². The highest BCUT2D eigenvalue weighted by Crippen LogP contribution is 2.40. The van der Waals surface area contributed by atoms with Crippen LogP contribution in [0.15, 0.2) is 28.8 Å². The van der Waals surface area contributed by atoms with E-state index in [0.29, 0.717) is 23.9 Å². The SMILES string of the molecule is COCC1(c2noc(-c3ccc(C(N)=O)cc3)n2)CCCC1. The van der Waals surface area contributed by atoms with Crippen LogP contribution >= 0.6 is 0 Å². The smallest absolute Gasteiger partial charge is 0.257 e. The van der Waals surface area contributed by atoms with Crippen LogP contribution < -0.4 is 5.73 Å². The standard InChI is InChI=1S/C16H19N3O3/c1-21-10-16(8-2-3-9-16)15-18-14(22-19-15)12-6-4-11(5-7-12)13(17)20/h4-7H,2-3,8-10H2,1H3,(H2,17,20). The Morgan fingerprint density at radius 1 is 1.32 bits per heavy atom. The fourth-order valence-electron chi connectivity index (χ4n) is 3.09. The third kappa shape index (κ3) is 2.62. The number of aromatic nitrogens is 2. The minimum atomic E-state index is -0.456. The van der Waals surface area contributed by atoms with Crippen LogP contribution in [0, 0.1) is 0 Å². The number of ether oxygens (including phenoxy) is 1. The monoisotopic (exact) mass is 301 g/mol. The zero-order valence-electron chi connectivity index (χ0n) is 12.5. The van der Waals surface area contributed by atoms with Crippen molar-refractivity contribution >= 4 is 5.91 Å². The first-order valence-electron chi connectivity index (χ1n) is 7.38. The summed E-state index contributed by atoms with van der Waals surface area (Å²) in [6.45, 7) is 0.604. The van der Waals surface area contributed by atoms with Crippen molar-refractivity contribution in [3.8, 4) is 11.5 Å². The van der Waals surface area contributed by atoms with Gasteiger partial charge in [-0.3, -0.25) is 4.79 Å². The molecule has 6 nitrogen and oxygen atoms in total. The molecule has 3 rings (SSSR count). The molecule has 1 amide bonds. The fraction of sp³-hybridized carbons (Fsp3) is 0.438. The van der Waals surface area contributed by atoms with E-state index in [1.54, 1.807) is 31.4 Å². The van der Waals surface area contributed by atoms with Gasteiger partial charge < -0.3 is 15.0 Å². The molecule has 0 saturated heterocycles. The third-order valence-electron chi connectivity index (χ3n) is 4.30. The third-order valence-corrected chi connectivity index (χ3v) is 4.30. The average molecular weight is 301 g/mol. The molecule has 0 atom stereocenters. The van der Waals surface area contributed by atoms with Gasteiger partial charge in [0.25, 0.3) is 5.89 Å². The highest BCUT2D eigenvalue weighted by Gasteiger charge is 2.40. The molecule has 116 valence electrons. The Hall–Kier alpha value is -2.21. The van der Waals surface area contributed by atoms with Crippen molar-refractivity contribution in [2.45, 2.75) is 31.1 Å². The highest BCUT2D eigenvalue weighted by atomic mass is 16.5. The minimum Gasteiger partial charge on any atom is -0.384 e. The van der Waals surface area contributed by atoms with Crippen LogP contribution in [0.25, 0.3) is 11.5 Å². The lowest BCUT2D eigenvalue weighted by molar-refractivity contribution is 0.100. The fourth-order valence-corrected chi connectivity index (χ4v) is 3.09. The van der Waals surface area contributed by atoms with Gasteiger partial charge in [0.2, 0.25) is 5.91 Å². The molecule has 2 aromatic rings. The molecule has 22 heavy (non-hydrogen) atoms. The molecule has 2 N–H and O–H groups in total. The van der Waals surface area contributed by atoms with E-state index in [0.717, 1.165) is 31.2 Å². The molecule has 1 aromatic carbocycles.